The van der Waals surface area contributed by atoms with E-state index in [1.54, 1.807) is 0 Å². The van der Waals surface area contributed by atoms with Crippen LogP contribution < -0.4 is 5.32 Å². The second-order valence-corrected chi connectivity index (χ2v) is 6.59. The maximum Gasteiger partial charge on any atom is 0.228 e. The van der Waals surface area contributed by atoms with Crippen LogP contribution in [0.2, 0.25) is 0 Å². The summed E-state index contributed by atoms with van der Waals surface area (Å²) >= 11 is 0. The minimum atomic E-state index is -0.0907. The lowest BCUT2D eigenvalue weighted by Crippen LogP contribution is -2.53. The molecule has 22 heavy (non-hydrogen) atoms. The Kier molecular flexibility index (Phi) is 4.79. The predicted molar refractivity (Wildman–Crippen MR) is 86.6 cm³/mol. The molecule has 3 unspecified atom stereocenters. The molecule has 1 aromatic carbocycles. The molecule has 2 heterocycles. The molecule has 0 radical (unpaired) electrons. The Morgan fingerprint density at radius 1 is 1.32 bits per heavy atom. The van der Waals surface area contributed by atoms with Gasteiger partial charge in [0.1, 0.15) is 0 Å². The summed E-state index contributed by atoms with van der Waals surface area (Å²) in [5, 5.41) is 3.39. The summed E-state index contributed by atoms with van der Waals surface area (Å²) in [5.41, 5.74) is 2.37. The van der Waals surface area contributed by atoms with Gasteiger partial charge in [-0.25, -0.2) is 0 Å². The number of ether oxygens (including phenoxy) is 1. The Labute approximate surface area is 132 Å². The van der Waals surface area contributed by atoms with Crippen molar-refractivity contribution < 1.29 is 9.53 Å². The molecule has 2 saturated heterocycles. The van der Waals surface area contributed by atoms with Gasteiger partial charge < -0.3 is 15.0 Å². The van der Waals surface area contributed by atoms with Crippen molar-refractivity contribution in [2.45, 2.75) is 38.8 Å². The summed E-state index contributed by atoms with van der Waals surface area (Å²) in [4.78, 5) is 15.0. The largest absolute Gasteiger partial charge is 0.373 e. The van der Waals surface area contributed by atoms with E-state index in [9.17, 15) is 4.79 Å². The van der Waals surface area contributed by atoms with Crippen molar-refractivity contribution in [3.05, 3.63) is 35.4 Å². The van der Waals surface area contributed by atoms with E-state index in [2.05, 4.69) is 43.4 Å². The van der Waals surface area contributed by atoms with Gasteiger partial charge in [0.05, 0.1) is 12.0 Å². The lowest BCUT2D eigenvalue weighted by atomic mass is 9.87. The molecule has 4 nitrogen and oxygen atoms in total. The van der Waals surface area contributed by atoms with Gasteiger partial charge in [-0.15, -0.1) is 0 Å². The number of benzene rings is 1. The van der Waals surface area contributed by atoms with Crippen molar-refractivity contribution in [2.24, 2.45) is 5.92 Å². The van der Waals surface area contributed by atoms with Gasteiger partial charge in [-0.3, -0.25) is 4.79 Å². The fourth-order valence-corrected chi connectivity index (χ4v) is 3.49. The maximum atomic E-state index is 13.0. The lowest BCUT2D eigenvalue weighted by Gasteiger charge is -2.38. The quantitative estimate of drug-likeness (QED) is 0.911. The van der Waals surface area contributed by atoms with Gasteiger partial charge in [-0.2, -0.15) is 0 Å². The van der Waals surface area contributed by atoms with Crippen molar-refractivity contribution in [2.75, 3.05) is 26.2 Å². The van der Waals surface area contributed by atoms with Crippen LogP contribution in [0.15, 0.2) is 24.3 Å². The smallest absolute Gasteiger partial charge is 0.228 e. The van der Waals surface area contributed by atoms with E-state index in [0.717, 1.165) is 44.6 Å². The second-order valence-electron chi connectivity index (χ2n) is 6.59. The fraction of sp³-hybridized carbons (Fsp3) is 0.611. The van der Waals surface area contributed by atoms with Crippen LogP contribution in [-0.2, 0) is 9.53 Å². The van der Waals surface area contributed by atoms with Gasteiger partial charge >= 0.3 is 0 Å². The highest BCUT2D eigenvalue weighted by molar-refractivity contribution is 5.80. The van der Waals surface area contributed by atoms with Crippen LogP contribution in [-0.4, -0.2) is 43.1 Å². The van der Waals surface area contributed by atoms with Crippen LogP contribution >= 0.6 is 0 Å². The third-order valence-corrected chi connectivity index (χ3v) is 4.73. The van der Waals surface area contributed by atoms with Gasteiger partial charge in [-0.1, -0.05) is 29.8 Å². The van der Waals surface area contributed by atoms with Crippen molar-refractivity contribution in [1.29, 1.82) is 0 Å². The molecule has 120 valence electrons. The predicted octanol–water partition coefficient (Wildman–Crippen LogP) is 2.28. The molecule has 3 rings (SSSR count). The molecule has 2 aliphatic rings. The first-order chi connectivity index (χ1) is 10.6. The van der Waals surface area contributed by atoms with Gasteiger partial charge in [0.2, 0.25) is 5.91 Å². The summed E-state index contributed by atoms with van der Waals surface area (Å²) in [7, 11) is 0. The summed E-state index contributed by atoms with van der Waals surface area (Å²) in [6.45, 7) is 7.46. The summed E-state index contributed by atoms with van der Waals surface area (Å²) in [5.74, 6) is 0.223. The molecular weight excluding hydrogens is 276 g/mol. The SMILES string of the molecule is Cc1ccc(C2OCCCC2C(=O)N2CCNC(C)C2)cc1. The molecular formula is C18H26N2O2. The van der Waals surface area contributed by atoms with Crippen LogP contribution in [0.1, 0.15) is 37.0 Å². The first-order valence-corrected chi connectivity index (χ1v) is 8.35. The number of amides is 1. The molecule has 3 atom stereocenters. The van der Waals surface area contributed by atoms with Crippen LogP contribution in [0.5, 0.6) is 0 Å². The molecule has 0 saturated carbocycles. The van der Waals surface area contributed by atoms with E-state index >= 15 is 0 Å². The molecule has 2 aliphatic heterocycles. The lowest BCUT2D eigenvalue weighted by molar-refractivity contribution is -0.146. The first kappa shape index (κ1) is 15.5. The van der Waals surface area contributed by atoms with E-state index in [1.165, 1.54) is 5.56 Å². The second kappa shape index (κ2) is 6.80. The molecule has 1 amide bonds. The van der Waals surface area contributed by atoms with Crippen LogP contribution in [0.3, 0.4) is 0 Å². The molecule has 2 fully saturated rings. The van der Waals surface area contributed by atoms with Crippen LogP contribution in [0.25, 0.3) is 0 Å². The van der Waals surface area contributed by atoms with Crippen molar-refractivity contribution >= 4 is 5.91 Å². The van der Waals surface area contributed by atoms with E-state index < -0.39 is 0 Å². The molecule has 4 heteroatoms. The Morgan fingerprint density at radius 3 is 2.82 bits per heavy atom. The third kappa shape index (κ3) is 3.33. The highest BCUT2D eigenvalue weighted by Crippen LogP contribution is 2.35. The van der Waals surface area contributed by atoms with E-state index in [1.807, 2.05) is 4.90 Å². The topological polar surface area (TPSA) is 41.6 Å². The Hall–Kier alpha value is -1.39. The highest BCUT2D eigenvalue weighted by atomic mass is 16.5. The molecule has 1 N–H and O–H groups in total. The number of carbonyl (C=O) groups excluding carboxylic acids is 1. The van der Waals surface area contributed by atoms with Gasteiger partial charge in [0, 0.05) is 32.3 Å². The van der Waals surface area contributed by atoms with Crippen LogP contribution in [0, 0.1) is 12.8 Å². The monoisotopic (exact) mass is 302 g/mol. The molecule has 1 aromatic rings. The molecule has 0 aliphatic carbocycles. The normalized spacial score (nSPS) is 29.4. The van der Waals surface area contributed by atoms with Crippen LogP contribution in [0.4, 0.5) is 0 Å². The number of rotatable bonds is 2. The van der Waals surface area contributed by atoms with Gasteiger partial charge in [0.25, 0.3) is 0 Å². The molecule has 0 bridgehead atoms. The van der Waals surface area contributed by atoms with E-state index in [4.69, 9.17) is 4.74 Å². The van der Waals surface area contributed by atoms with Crippen molar-refractivity contribution in [1.82, 2.24) is 10.2 Å². The third-order valence-electron chi connectivity index (χ3n) is 4.73. The molecule has 0 aromatic heterocycles. The Bertz CT molecular complexity index is 514. The minimum Gasteiger partial charge on any atom is -0.373 e. The van der Waals surface area contributed by atoms with Gasteiger partial charge in [-0.05, 0) is 32.3 Å². The zero-order valence-corrected chi connectivity index (χ0v) is 13.5. The standard InChI is InChI=1S/C18H26N2O2/c1-13-5-7-15(8-6-13)17-16(4-3-11-22-17)18(21)20-10-9-19-14(2)12-20/h5-8,14,16-17,19H,3-4,9-12H2,1-2H3. The fourth-order valence-electron chi connectivity index (χ4n) is 3.49. The zero-order chi connectivity index (χ0) is 15.5. The number of nitrogens with one attached hydrogen (secondary N) is 1. The Morgan fingerprint density at radius 2 is 2.09 bits per heavy atom. The van der Waals surface area contributed by atoms with E-state index in [-0.39, 0.29) is 17.9 Å². The molecule has 0 spiro atoms. The van der Waals surface area contributed by atoms with E-state index in [0.29, 0.717) is 6.04 Å². The number of hydrogen-bond acceptors (Lipinski definition) is 3. The Balaban J connectivity index is 1.77. The number of hydrogen-bond donors (Lipinski definition) is 1. The summed E-state index contributed by atoms with van der Waals surface area (Å²) in [6, 6.07) is 8.78. The number of piperazine rings is 1. The summed E-state index contributed by atoms with van der Waals surface area (Å²) < 4.78 is 5.99. The first-order valence-electron chi connectivity index (χ1n) is 8.35. The number of aryl methyl sites for hydroxylation is 1. The average molecular weight is 302 g/mol. The number of nitrogens with zero attached hydrogens (tertiary/aromatic N) is 1. The zero-order valence-electron chi connectivity index (χ0n) is 13.5. The van der Waals surface area contributed by atoms with Gasteiger partial charge in [0.15, 0.2) is 0 Å². The minimum absolute atomic E-state index is 0.0400. The van der Waals surface area contributed by atoms with Crippen molar-refractivity contribution in [3.63, 3.8) is 0 Å². The van der Waals surface area contributed by atoms with Crippen molar-refractivity contribution in [3.8, 4) is 0 Å². The number of carbonyl (C=O) groups is 1. The average Bonchev–Trinajstić information content (AvgIpc) is 2.55. The summed E-state index contributed by atoms with van der Waals surface area (Å²) in [6.07, 6.45) is 1.81. The maximum absolute atomic E-state index is 13.0. The highest BCUT2D eigenvalue weighted by Gasteiger charge is 2.36.